The van der Waals surface area contributed by atoms with Gasteiger partial charge in [0.15, 0.2) is 0 Å². The Hall–Kier alpha value is -2.26. The van der Waals surface area contributed by atoms with E-state index in [0.717, 1.165) is 11.1 Å². The van der Waals surface area contributed by atoms with Crippen LogP contribution in [0.15, 0.2) is 12.1 Å². The van der Waals surface area contributed by atoms with Crippen molar-refractivity contribution in [1.29, 1.82) is 0 Å². The van der Waals surface area contributed by atoms with Crippen molar-refractivity contribution in [2.24, 2.45) is 0 Å². The topological polar surface area (TPSA) is 79.0 Å². The van der Waals surface area contributed by atoms with Gasteiger partial charge in [0, 0.05) is 25.0 Å². The maximum atomic E-state index is 12.5. The predicted molar refractivity (Wildman–Crippen MR) is 77.2 cm³/mol. The minimum absolute atomic E-state index is 0.0643. The van der Waals surface area contributed by atoms with Crippen LogP contribution in [0.2, 0.25) is 0 Å². The van der Waals surface area contributed by atoms with Gasteiger partial charge in [-0.25, -0.2) is 4.79 Å². The average Bonchev–Trinajstić information content (AvgIpc) is 2.42. The number of nitrogens with one attached hydrogen (secondary N) is 1. The fraction of sp³-hybridized carbons (Fsp3) is 0.643. The van der Waals surface area contributed by atoms with Crippen LogP contribution in [0.3, 0.4) is 0 Å². The van der Waals surface area contributed by atoms with E-state index in [9.17, 15) is 27.6 Å². The van der Waals surface area contributed by atoms with Crippen molar-refractivity contribution in [3.05, 3.63) is 12.1 Å². The first-order valence-corrected chi connectivity index (χ1v) is 7.25. The second-order valence-corrected chi connectivity index (χ2v) is 6.13. The van der Waals surface area contributed by atoms with Crippen LogP contribution >= 0.6 is 0 Å². The molecule has 1 heterocycles. The summed E-state index contributed by atoms with van der Waals surface area (Å²) in [6, 6.07) is 0. The first-order valence-electron chi connectivity index (χ1n) is 7.25. The summed E-state index contributed by atoms with van der Waals surface area (Å²) < 4.78 is 42.6. The number of carbonyl (C=O) groups is 3. The van der Waals surface area contributed by atoms with Crippen molar-refractivity contribution in [2.75, 3.05) is 13.1 Å². The number of alkyl halides is 3. The van der Waals surface area contributed by atoms with Crippen LogP contribution in [0.1, 0.15) is 34.1 Å². The summed E-state index contributed by atoms with van der Waals surface area (Å²) in [6.45, 7) is 6.04. The zero-order valence-electron chi connectivity index (χ0n) is 13.9. The van der Waals surface area contributed by atoms with Crippen molar-refractivity contribution in [3.8, 4) is 0 Å². The molecule has 0 aromatic rings. The second kappa shape index (κ2) is 7.10. The van der Waals surface area contributed by atoms with Crippen LogP contribution in [0.5, 0.6) is 0 Å². The van der Waals surface area contributed by atoms with E-state index < -0.39 is 35.5 Å². The van der Waals surface area contributed by atoms with E-state index >= 15 is 0 Å². The maximum absolute atomic E-state index is 12.5. The molecular formula is C14H20F3N3O4. The quantitative estimate of drug-likeness (QED) is 0.825. The molecule has 0 unspecified atom stereocenters. The molecule has 1 rings (SSSR count). The number of amides is 3. The number of ether oxygens (including phenoxy) is 1. The van der Waals surface area contributed by atoms with Gasteiger partial charge in [-0.1, -0.05) is 6.92 Å². The van der Waals surface area contributed by atoms with Crippen LogP contribution in [0.4, 0.5) is 18.0 Å². The van der Waals surface area contributed by atoms with Crippen LogP contribution in [0.25, 0.3) is 0 Å². The molecule has 1 N–H and O–H groups in total. The molecule has 1 aliphatic heterocycles. The monoisotopic (exact) mass is 351 g/mol. The van der Waals surface area contributed by atoms with Crippen molar-refractivity contribution in [1.82, 2.24) is 15.1 Å². The molecule has 0 bridgehead atoms. The lowest BCUT2D eigenvalue weighted by molar-refractivity contribution is -0.183. The van der Waals surface area contributed by atoms with E-state index in [0.29, 0.717) is 4.90 Å². The molecule has 0 saturated carbocycles. The summed E-state index contributed by atoms with van der Waals surface area (Å²) in [6.07, 6.45) is -5.22. The van der Waals surface area contributed by atoms with E-state index in [4.69, 9.17) is 4.74 Å². The van der Waals surface area contributed by atoms with Crippen molar-refractivity contribution in [3.63, 3.8) is 0 Å². The van der Waals surface area contributed by atoms with Gasteiger partial charge in [-0.15, -0.1) is 0 Å². The van der Waals surface area contributed by atoms with Crippen LogP contribution < -0.4 is 5.32 Å². The van der Waals surface area contributed by atoms with Crippen molar-refractivity contribution >= 4 is 17.9 Å². The van der Waals surface area contributed by atoms with Gasteiger partial charge in [0.1, 0.15) is 0 Å². The minimum Gasteiger partial charge on any atom is -0.391 e. The summed E-state index contributed by atoms with van der Waals surface area (Å²) >= 11 is 0. The molecule has 0 saturated heterocycles. The van der Waals surface area contributed by atoms with Gasteiger partial charge in [-0.05, 0) is 20.8 Å². The van der Waals surface area contributed by atoms with E-state index in [-0.39, 0.29) is 19.5 Å². The van der Waals surface area contributed by atoms with Gasteiger partial charge in [-0.2, -0.15) is 13.2 Å². The highest BCUT2D eigenvalue weighted by molar-refractivity contribution is 5.84. The van der Waals surface area contributed by atoms with Gasteiger partial charge in [0.2, 0.25) is 11.8 Å². The van der Waals surface area contributed by atoms with Crippen molar-refractivity contribution < 1.29 is 32.3 Å². The number of hydrogen-bond acceptors (Lipinski definition) is 4. The maximum Gasteiger partial charge on any atom is 0.471 e. The number of alkyl carbamates (subject to hydrolysis) is 1. The number of halogens is 3. The predicted octanol–water partition coefficient (Wildman–Crippen LogP) is 1.95. The van der Waals surface area contributed by atoms with E-state index in [1.807, 2.05) is 0 Å². The van der Waals surface area contributed by atoms with E-state index in [1.54, 1.807) is 27.7 Å². The number of hydrogen-bond donors (Lipinski definition) is 1. The minimum atomic E-state index is -5.06. The molecule has 0 atom stereocenters. The average molecular weight is 351 g/mol. The Labute approximate surface area is 137 Å². The van der Waals surface area contributed by atoms with Gasteiger partial charge in [0.25, 0.3) is 0 Å². The zero-order chi connectivity index (χ0) is 18.7. The van der Waals surface area contributed by atoms with Crippen molar-refractivity contribution in [2.45, 2.75) is 45.8 Å². The Kier molecular flexibility index (Phi) is 5.85. The molecule has 136 valence electrons. The summed E-state index contributed by atoms with van der Waals surface area (Å²) in [5, 5.41) is 2.45. The first kappa shape index (κ1) is 19.8. The van der Waals surface area contributed by atoms with E-state index in [2.05, 4.69) is 5.32 Å². The van der Waals surface area contributed by atoms with Gasteiger partial charge < -0.3 is 15.0 Å². The highest BCUT2D eigenvalue weighted by Crippen LogP contribution is 2.23. The standard InChI is InChI=1S/C14H20F3N3O4/c1-5-9(21)20-7-6-19(11(22)14(15,16)17)8-10(20)24-12(23)18-13(2,3)4/h8H,5-7H2,1-4H3,(H,18,23). The lowest BCUT2D eigenvalue weighted by atomic mass is 10.1. The number of rotatable bonds is 2. The summed E-state index contributed by atoms with van der Waals surface area (Å²) in [4.78, 5) is 36.4. The van der Waals surface area contributed by atoms with Crippen LogP contribution in [0, 0.1) is 0 Å². The Bertz CT molecular complexity index is 552. The summed E-state index contributed by atoms with van der Waals surface area (Å²) in [7, 11) is 0. The molecule has 3 amide bonds. The molecule has 0 aromatic heterocycles. The molecular weight excluding hydrogens is 331 g/mol. The molecule has 0 aromatic carbocycles. The highest BCUT2D eigenvalue weighted by Gasteiger charge is 2.43. The summed E-state index contributed by atoms with van der Waals surface area (Å²) in [5.74, 6) is -2.96. The van der Waals surface area contributed by atoms with E-state index in [1.165, 1.54) is 0 Å². The zero-order valence-corrected chi connectivity index (χ0v) is 13.9. The van der Waals surface area contributed by atoms with Crippen LogP contribution in [-0.2, 0) is 14.3 Å². The molecule has 10 heteroatoms. The second-order valence-electron chi connectivity index (χ2n) is 6.13. The third kappa shape index (κ3) is 5.43. The summed E-state index contributed by atoms with van der Waals surface area (Å²) in [5.41, 5.74) is -0.645. The molecule has 1 aliphatic rings. The molecule has 0 fully saturated rings. The molecule has 0 radical (unpaired) electrons. The SMILES string of the molecule is CCC(=O)N1CCN(C(=O)C(F)(F)F)C=C1OC(=O)NC(C)(C)C. The Balaban J connectivity index is 3.04. The molecule has 24 heavy (non-hydrogen) atoms. The molecule has 7 nitrogen and oxygen atoms in total. The largest absolute Gasteiger partial charge is 0.471 e. The Morgan fingerprint density at radius 3 is 2.25 bits per heavy atom. The van der Waals surface area contributed by atoms with Crippen LogP contribution in [-0.4, -0.2) is 52.5 Å². The fourth-order valence-corrected chi connectivity index (χ4v) is 1.86. The van der Waals surface area contributed by atoms with Gasteiger partial charge in [0.05, 0.1) is 6.20 Å². The lowest BCUT2D eigenvalue weighted by Crippen LogP contribution is -2.49. The lowest BCUT2D eigenvalue weighted by Gasteiger charge is -2.33. The normalized spacial score (nSPS) is 15.7. The molecule has 0 spiro atoms. The Morgan fingerprint density at radius 1 is 1.21 bits per heavy atom. The van der Waals surface area contributed by atoms with Gasteiger partial charge >= 0.3 is 18.2 Å². The first-order chi connectivity index (χ1) is 10.8. The van der Waals surface area contributed by atoms with Gasteiger partial charge in [-0.3, -0.25) is 14.5 Å². The molecule has 0 aliphatic carbocycles. The third-order valence-corrected chi connectivity index (χ3v) is 2.88. The highest BCUT2D eigenvalue weighted by atomic mass is 19.4. The number of carbonyl (C=O) groups excluding carboxylic acids is 3. The Morgan fingerprint density at radius 2 is 1.79 bits per heavy atom. The third-order valence-electron chi connectivity index (χ3n) is 2.88. The number of nitrogens with zero attached hydrogens (tertiary/aromatic N) is 2. The smallest absolute Gasteiger partial charge is 0.391 e. The fourth-order valence-electron chi connectivity index (χ4n) is 1.86.